The van der Waals surface area contributed by atoms with Crippen LogP contribution in [0.15, 0.2) is 37.1 Å². The van der Waals surface area contributed by atoms with Gasteiger partial charge in [0, 0.05) is 55.4 Å². The van der Waals surface area contributed by atoms with Crippen LogP contribution in [-0.2, 0) is 9.53 Å². The molecule has 1 N–H and O–H groups in total. The Morgan fingerprint density at radius 1 is 1.23 bits per heavy atom. The van der Waals surface area contributed by atoms with Gasteiger partial charge in [0.2, 0.25) is 5.91 Å². The van der Waals surface area contributed by atoms with E-state index < -0.39 is 17.5 Å². The first-order valence-corrected chi connectivity index (χ1v) is 13.2. The Hall–Kier alpha value is -3.92. The van der Waals surface area contributed by atoms with Crippen molar-refractivity contribution in [1.82, 2.24) is 19.8 Å². The van der Waals surface area contributed by atoms with Gasteiger partial charge in [-0.3, -0.25) is 9.59 Å². The SMILES string of the molecule is C=CC(=O)N1CCN2C(=O)c3c(N4CCOC(C)(C)C4)nc(-c4c(C)ccc5[nH]ccc45)c(F)c3OC[C@H]2C1. The highest BCUT2D eigenvalue weighted by molar-refractivity contribution is 6.04. The van der Waals surface area contributed by atoms with Crippen LogP contribution in [0.5, 0.6) is 5.75 Å². The van der Waals surface area contributed by atoms with Crippen LogP contribution in [0.4, 0.5) is 10.2 Å². The van der Waals surface area contributed by atoms with Crippen LogP contribution < -0.4 is 9.64 Å². The number of nitrogens with zero attached hydrogens (tertiary/aromatic N) is 4. The number of pyridine rings is 1. The monoisotopic (exact) mass is 533 g/mol. The summed E-state index contributed by atoms with van der Waals surface area (Å²) in [6.07, 6.45) is 3.08. The molecule has 2 amide bonds. The van der Waals surface area contributed by atoms with Crippen LogP contribution in [0.2, 0.25) is 0 Å². The second kappa shape index (κ2) is 9.37. The average Bonchev–Trinajstić information content (AvgIpc) is 3.34. The molecular formula is C29H32FN5O4. The van der Waals surface area contributed by atoms with Gasteiger partial charge in [-0.2, -0.15) is 0 Å². The van der Waals surface area contributed by atoms with Crippen molar-refractivity contribution >= 4 is 28.5 Å². The second-order valence-corrected chi connectivity index (χ2v) is 11.0. The number of benzene rings is 1. The Bertz CT molecular complexity index is 1500. The molecule has 0 radical (unpaired) electrons. The second-order valence-electron chi connectivity index (χ2n) is 11.0. The number of hydrogen-bond acceptors (Lipinski definition) is 6. The molecule has 0 bridgehead atoms. The minimum absolute atomic E-state index is 0.0570. The summed E-state index contributed by atoms with van der Waals surface area (Å²) < 4.78 is 28.6. The minimum Gasteiger partial charge on any atom is -0.487 e. The summed E-state index contributed by atoms with van der Waals surface area (Å²) in [7, 11) is 0. The zero-order chi connectivity index (χ0) is 27.5. The summed E-state index contributed by atoms with van der Waals surface area (Å²) >= 11 is 0. The molecule has 3 aliphatic rings. The zero-order valence-electron chi connectivity index (χ0n) is 22.4. The van der Waals surface area contributed by atoms with Crippen LogP contribution in [0.1, 0.15) is 29.8 Å². The number of aryl methyl sites for hydroxylation is 1. The lowest BCUT2D eigenvalue weighted by Crippen LogP contribution is -2.57. The number of nitrogens with one attached hydrogen (secondary N) is 1. The van der Waals surface area contributed by atoms with E-state index in [-0.39, 0.29) is 42.0 Å². The summed E-state index contributed by atoms with van der Waals surface area (Å²) in [4.78, 5) is 39.8. The highest BCUT2D eigenvalue weighted by Gasteiger charge is 2.42. The molecule has 2 fully saturated rings. The van der Waals surface area contributed by atoms with E-state index in [1.807, 2.05) is 50.1 Å². The van der Waals surface area contributed by atoms with Crippen LogP contribution in [0, 0.1) is 12.7 Å². The van der Waals surface area contributed by atoms with Crippen LogP contribution in [0.25, 0.3) is 22.2 Å². The van der Waals surface area contributed by atoms with Crippen LogP contribution in [0.3, 0.4) is 0 Å². The van der Waals surface area contributed by atoms with Gasteiger partial charge in [0.1, 0.15) is 23.7 Å². The molecule has 2 aromatic heterocycles. The summed E-state index contributed by atoms with van der Waals surface area (Å²) in [5.41, 5.74) is 2.17. The fourth-order valence-electron chi connectivity index (χ4n) is 5.92. The van der Waals surface area contributed by atoms with Crippen LogP contribution >= 0.6 is 0 Å². The molecular weight excluding hydrogens is 501 g/mol. The molecule has 3 aliphatic heterocycles. The summed E-state index contributed by atoms with van der Waals surface area (Å²) in [5, 5.41) is 0.838. The Balaban J connectivity index is 1.53. The number of anilines is 1. The van der Waals surface area contributed by atoms with Gasteiger partial charge in [0.05, 0.1) is 18.2 Å². The Kier molecular flexibility index (Phi) is 6.10. The standard InChI is InChI=1S/C29H32FN5O4/c1-5-21(36)33-10-11-35-18(14-33)15-38-26-23(28(35)37)27(34-12-13-39-29(3,4)16-34)32-25(24(26)30)22-17(2)6-7-20-19(22)8-9-31-20/h5-9,18,31H,1,10-16H2,2-4H3/t18-/m1/s1. The van der Waals surface area contributed by atoms with E-state index >= 15 is 4.39 Å². The number of aromatic amines is 1. The first kappa shape index (κ1) is 25.4. The minimum atomic E-state index is -0.662. The highest BCUT2D eigenvalue weighted by atomic mass is 19.1. The number of carbonyl (C=O) groups is 2. The van der Waals surface area contributed by atoms with Gasteiger partial charge in [0.25, 0.3) is 5.91 Å². The largest absolute Gasteiger partial charge is 0.487 e. The molecule has 0 spiro atoms. The maximum atomic E-state index is 16.6. The number of fused-ring (bicyclic) bond motifs is 3. The van der Waals surface area contributed by atoms with E-state index in [4.69, 9.17) is 14.5 Å². The van der Waals surface area contributed by atoms with Gasteiger partial charge in [-0.05, 0) is 44.5 Å². The van der Waals surface area contributed by atoms with Gasteiger partial charge < -0.3 is 29.2 Å². The first-order valence-electron chi connectivity index (χ1n) is 13.2. The number of amides is 2. The molecule has 0 saturated carbocycles. The maximum Gasteiger partial charge on any atom is 0.262 e. The third kappa shape index (κ3) is 4.23. The Morgan fingerprint density at radius 2 is 2.05 bits per heavy atom. The van der Waals surface area contributed by atoms with Gasteiger partial charge in [-0.15, -0.1) is 0 Å². The van der Waals surface area contributed by atoms with E-state index in [1.165, 1.54) is 6.08 Å². The van der Waals surface area contributed by atoms with Crippen molar-refractivity contribution in [3.05, 3.63) is 54.0 Å². The number of ether oxygens (including phenoxy) is 2. The van der Waals surface area contributed by atoms with Gasteiger partial charge in [0.15, 0.2) is 11.6 Å². The topological polar surface area (TPSA) is 91.0 Å². The van der Waals surface area contributed by atoms with Gasteiger partial charge in [-0.25, -0.2) is 9.37 Å². The lowest BCUT2D eigenvalue weighted by Gasteiger charge is -2.41. The first-order chi connectivity index (χ1) is 18.7. The van der Waals surface area contributed by atoms with Crippen molar-refractivity contribution in [3.8, 4) is 17.0 Å². The predicted molar refractivity (Wildman–Crippen MR) is 146 cm³/mol. The van der Waals surface area contributed by atoms with E-state index in [1.54, 1.807) is 9.80 Å². The summed E-state index contributed by atoms with van der Waals surface area (Å²) in [5.74, 6) is -0.908. The van der Waals surface area contributed by atoms with Gasteiger partial charge in [-0.1, -0.05) is 12.6 Å². The van der Waals surface area contributed by atoms with E-state index in [0.29, 0.717) is 44.2 Å². The van der Waals surface area contributed by atoms with Crippen molar-refractivity contribution in [2.75, 3.05) is 50.8 Å². The number of rotatable bonds is 3. The number of halogens is 1. The van der Waals surface area contributed by atoms with E-state index in [0.717, 1.165) is 16.5 Å². The van der Waals surface area contributed by atoms with Crippen molar-refractivity contribution in [2.45, 2.75) is 32.4 Å². The molecule has 3 aromatic rings. The molecule has 5 heterocycles. The molecule has 1 aromatic carbocycles. The molecule has 9 nitrogen and oxygen atoms in total. The molecule has 0 unspecified atom stereocenters. The molecule has 0 aliphatic carbocycles. The quantitative estimate of drug-likeness (QED) is 0.518. The lowest BCUT2D eigenvalue weighted by molar-refractivity contribution is -0.128. The van der Waals surface area contributed by atoms with Crippen molar-refractivity contribution in [3.63, 3.8) is 0 Å². The molecule has 6 rings (SSSR count). The number of H-pyrrole nitrogens is 1. The smallest absolute Gasteiger partial charge is 0.262 e. The van der Waals surface area contributed by atoms with Gasteiger partial charge >= 0.3 is 0 Å². The molecule has 204 valence electrons. The van der Waals surface area contributed by atoms with Crippen molar-refractivity contribution in [1.29, 1.82) is 0 Å². The Morgan fingerprint density at radius 3 is 2.82 bits per heavy atom. The predicted octanol–water partition coefficient (Wildman–Crippen LogP) is 3.52. The fourth-order valence-corrected chi connectivity index (χ4v) is 5.92. The number of morpholine rings is 1. The summed E-state index contributed by atoms with van der Waals surface area (Å²) in [6, 6.07) is 5.36. The highest BCUT2D eigenvalue weighted by Crippen LogP contribution is 2.42. The average molecular weight is 534 g/mol. The lowest BCUT2D eigenvalue weighted by atomic mass is 9.98. The number of piperazine rings is 1. The molecule has 10 heteroatoms. The van der Waals surface area contributed by atoms with E-state index in [9.17, 15) is 9.59 Å². The maximum absolute atomic E-state index is 16.6. The third-order valence-electron chi connectivity index (χ3n) is 7.84. The number of carbonyl (C=O) groups excluding carboxylic acids is 2. The molecule has 39 heavy (non-hydrogen) atoms. The molecule has 2 saturated heterocycles. The summed E-state index contributed by atoms with van der Waals surface area (Å²) in [6.45, 7) is 11.9. The van der Waals surface area contributed by atoms with Crippen LogP contribution in [-0.4, -0.2) is 89.2 Å². The molecule has 1 atom stereocenters. The van der Waals surface area contributed by atoms with Crippen molar-refractivity contribution in [2.24, 2.45) is 0 Å². The van der Waals surface area contributed by atoms with Crippen molar-refractivity contribution < 1.29 is 23.5 Å². The normalized spacial score (nSPS) is 20.8. The number of aromatic nitrogens is 2. The fraction of sp³-hybridized carbons (Fsp3) is 0.414. The van der Waals surface area contributed by atoms with E-state index in [2.05, 4.69) is 11.6 Å². The zero-order valence-corrected chi connectivity index (χ0v) is 22.4. The Labute approximate surface area is 226 Å². The third-order valence-corrected chi connectivity index (χ3v) is 7.84. The number of hydrogen-bond donors (Lipinski definition) is 1.